The van der Waals surface area contributed by atoms with Gasteiger partial charge >= 0.3 is 0 Å². The molecule has 21 heavy (non-hydrogen) atoms. The second-order valence-corrected chi connectivity index (χ2v) is 6.34. The van der Waals surface area contributed by atoms with Crippen molar-refractivity contribution in [3.8, 4) is 0 Å². The van der Waals surface area contributed by atoms with Crippen molar-refractivity contribution in [2.75, 3.05) is 30.4 Å². The average molecular weight is 308 g/mol. The zero-order valence-electron chi connectivity index (χ0n) is 12.6. The molecule has 0 radical (unpaired) electrons. The number of nitrogens with zero attached hydrogens (tertiary/aromatic N) is 1. The zero-order chi connectivity index (χ0) is 15.0. The lowest BCUT2D eigenvalue weighted by atomic mass is 9.85. The Bertz CT molecular complexity index is 557. The summed E-state index contributed by atoms with van der Waals surface area (Å²) in [6.45, 7) is 4.13. The van der Waals surface area contributed by atoms with Gasteiger partial charge in [-0.15, -0.1) is 0 Å². The van der Waals surface area contributed by atoms with E-state index >= 15 is 0 Å². The van der Waals surface area contributed by atoms with Gasteiger partial charge in [-0.25, -0.2) is 0 Å². The monoisotopic (exact) mass is 307 g/mol. The summed E-state index contributed by atoms with van der Waals surface area (Å²) < 4.78 is 0. The third-order valence-corrected chi connectivity index (χ3v) is 4.97. The van der Waals surface area contributed by atoms with Gasteiger partial charge in [0.05, 0.1) is 10.7 Å². The average Bonchev–Trinajstić information content (AvgIpc) is 2.72. The molecule has 0 saturated heterocycles. The molecule has 1 fully saturated rings. The first-order chi connectivity index (χ1) is 10.1. The van der Waals surface area contributed by atoms with Crippen LogP contribution in [0.15, 0.2) is 12.1 Å². The summed E-state index contributed by atoms with van der Waals surface area (Å²) in [4.78, 5) is 14.3. The van der Waals surface area contributed by atoms with Gasteiger partial charge in [0, 0.05) is 24.3 Å². The van der Waals surface area contributed by atoms with Crippen LogP contribution in [0.1, 0.15) is 37.8 Å². The molecule has 0 bridgehead atoms. The minimum atomic E-state index is -0.298. The Balaban J connectivity index is 1.89. The van der Waals surface area contributed by atoms with E-state index in [1.54, 1.807) is 7.05 Å². The molecular formula is C16H22ClN3O. The third kappa shape index (κ3) is 2.62. The molecule has 1 amide bonds. The van der Waals surface area contributed by atoms with E-state index in [0.29, 0.717) is 0 Å². The molecule has 1 aliphatic heterocycles. The van der Waals surface area contributed by atoms with Crippen molar-refractivity contribution in [3.05, 3.63) is 22.7 Å². The lowest BCUT2D eigenvalue weighted by Gasteiger charge is -2.33. The van der Waals surface area contributed by atoms with E-state index in [1.165, 1.54) is 19.3 Å². The summed E-state index contributed by atoms with van der Waals surface area (Å²) in [6, 6.07) is 3.65. The van der Waals surface area contributed by atoms with E-state index < -0.39 is 0 Å². The minimum Gasteiger partial charge on any atom is -0.370 e. The molecule has 4 nitrogen and oxygen atoms in total. The molecule has 5 heteroatoms. The number of carbonyl (C=O) groups excluding carboxylic acids is 1. The quantitative estimate of drug-likeness (QED) is 0.878. The van der Waals surface area contributed by atoms with E-state index in [2.05, 4.69) is 22.5 Å². The van der Waals surface area contributed by atoms with Gasteiger partial charge in [0.25, 0.3) is 0 Å². The summed E-state index contributed by atoms with van der Waals surface area (Å²) >= 11 is 6.49. The van der Waals surface area contributed by atoms with E-state index in [4.69, 9.17) is 11.6 Å². The van der Waals surface area contributed by atoms with Crippen molar-refractivity contribution in [1.82, 2.24) is 5.32 Å². The van der Waals surface area contributed by atoms with Crippen LogP contribution in [-0.4, -0.2) is 26.0 Å². The van der Waals surface area contributed by atoms with Crippen LogP contribution in [0.3, 0.4) is 0 Å². The summed E-state index contributed by atoms with van der Waals surface area (Å²) in [5.41, 5.74) is 2.85. The molecule has 0 spiro atoms. The van der Waals surface area contributed by atoms with Gasteiger partial charge in [0.15, 0.2) is 0 Å². The summed E-state index contributed by atoms with van der Waals surface area (Å²) in [7, 11) is 1.79. The van der Waals surface area contributed by atoms with Gasteiger partial charge in [-0.2, -0.15) is 0 Å². The number of likely N-dealkylation sites (N-methyl/N-ethyl adjacent to an activating group) is 1. The van der Waals surface area contributed by atoms with Crippen LogP contribution in [0.25, 0.3) is 0 Å². The zero-order valence-corrected chi connectivity index (χ0v) is 13.3. The van der Waals surface area contributed by atoms with E-state index in [9.17, 15) is 4.79 Å². The van der Waals surface area contributed by atoms with Gasteiger partial charge in [-0.1, -0.05) is 18.0 Å². The topological polar surface area (TPSA) is 44.4 Å². The Morgan fingerprint density at radius 2 is 2.19 bits per heavy atom. The predicted octanol–water partition coefficient (Wildman–Crippen LogP) is 3.18. The summed E-state index contributed by atoms with van der Waals surface area (Å²) in [5.74, 6) is 0.775. The minimum absolute atomic E-state index is 0.0113. The lowest BCUT2D eigenvalue weighted by Crippen LogP contribution is -2.32. The second kappa shape index (κ2) is 5.85. The Morgan fingerprint density at radius 3 is 2.76 bits per heavy atom. The second-order valence-electron chi connectivity index (χ2n) is 5.94. The molecule has 3 rings (SSSR count). The number of anilines is 2. The Labute approximate surface area is 130 Å². The van der Waals surface area contributed by atoms with Crippen LogP contribution in [0.4, 0.5) is 11.4 Å². The van der Waals surface area contributed by atoms with Gasteiger partial charge < -0.3 is 15.5 Å². The number of amides is 1. The van der Waals surface area contributed by atoms with Crippen LogP contribution in [0, 0.1) is 5.92 Å². The third-order valence-electron chi connectivity index (χ3n) is 4.66. The maximum absolute atomic E-state index is 11.9. The van der Waals surface area contributed by atoms with Gasteiger partial charge in [0.2, 0.25) is 5.91 Å². The van der Waals surface area contributed by atoms with E-state index in [-0.39, 0.29) is 11.9 Å². The maximum Gasteiger partial charge on any atom is 0.246 e. The number of halogens is 1. The van der Waals surface area contributed by atoms with Crippen molar-refractivity contribution in [2.45, 2.75) is 32.2 Å². The van der Waals surface area contributed by atoms with Crippen LogP contribution in [0.5, 0.6) is 0 Å². The predicted molar refractivity (Wildman–Crippen MR) is 87.1 cm³/mol. The van der Waals surface area contributed by atoms with Crippen molar-refractivity contribution in [2.24, 2.45) is 5.92 Å². The molecule has 114 valence electrons. The molecule has 2 aliphatic rings. The molecule has 1 unspecified atom stereocenters. The summed E-state index contributed by atoms with van der Waals surface area (Å²) in [5, 5.41) is 6.69. The normalized spacial score (nSPS) is 20.9. The van der Waals surface area contributed by atoms with E-state index in [1.807, 2.05) is 12.1 Å². The van der Waals surface area contributed by atoms with Crippen molar-refractivity contribution in [3.63, 3.8) is 0 Å². The number of rotatable bonds is 5. The smallest absolute Gasteiger partial charge is 0.246 e. The number of benzene rings is 1. The molecule has 1 aromatic carbocycles. The van der Waals surface area contributed by atoms with Crippen LogP contribution in [0.2, 0.25) is 5.02 Å². The first-order valence-electron chi connectivity index (χ1n) is 7.70. The van der Waals surface area contributed by atoms with Gasteiger partial charge in [0.1, 0.15) is 6.04 Å². The molecule has 1 heterocycles. The number of fused-ring (bicyclic) bond motifs is 1. The fourth-order valence-corrected chi connectivity index (χ4v) is 3.48. The fraction of sp³-hybridized carbons (Fsp3) is 0.562. The van der Waals surface area contributed by atoms with Crippen molar-refractivity contribution < 1.29 is 4.79 Å². The highest BCUT2D eigenvalue weighted by atomic mass is 35.5. The van der Waals surface area contributed by atoms with Gasteiger partial charge in [-0.3, -0.25) is 4.79 Å². The maximum atomic E-state index is 11.9. The summed E-state index contributed by atoms with van der Waals surface area (Å²) in [6.07, 6.45) is 3.98. The fourth-order valence-electron chi connectivity index (χ4n) is 3.18. The lowest BCUT2D eigenvalue weighted by molar-refractivity contribution is -0.117. The Morgan fingerprint density at radius 1 is 1.43 bits per heavy atom. The SMILES string of the molecule is CCN(CC1CCC1)c1cc2c(cc1Cl)C(NC)C(=O)N2. The highest BCUT2D eigenvalue weighted by Gasteiger charge is 2.31. The molecule has 0 aromatic heterocycles. The van der Waals surface area contributed by atoms with Gasteiger partial charge in [-0.05, 0) is 44.9 Å². The van der Waals surface area contributed by atoms with Crippen molar-refractivity contribution >= 4 is 28.9 Å². The standard InChI is InChI=1S/C16H22ClN3O/c1-3-20(9-10-5-4-6-10)14-8-13-11(7-12(14)17)15(18-2)16(21)19-13/h7-8,10,15,18H,3-6,9H2,1-2H3,(H,19,21). The molecule has 1 aliphatic carbocycles. The number of hydrogen-bond acceptors (Lipinski definition) is 3. The molecule has 1 aromatic rings. The van der Waals surface area contributed by atoms with Crippen LogP contribution in [-0.2, 0) is 4.79 Å². The first-order valence-corrected chi connectivity index (χ1v) is 8.08. The molecular weight excluding hydrogens is 286 g/mol. The van der Waals surface area contributed by atoms with Crippen LogP contribution < -0.4 is 15.5 Å². The highest BCUT2D eigenvalue weighted by Crippen LogP contribution is 2.39. The number of nitrogens with one attached hydrogen (secondary N) is 2. The van der Waals surface area contributed by atoms with E-state index in [0.717, 1.165) is 41.0 Å². The molecule has 1 saturated carbocycles. The number of carbonyl (C=O) groups is 1. The number of hydrogen-bond donors (Lipinski definition) is 2. The Hall–Kier alpha value is -1.26. The first kappa shape index (κ1) is 14.7. The highest BCUT2D eigenvalue weighted by molar-refractivity contribution is 6.33. The van der Waals surface area contributed by atoms with Crippen LogP contribution >= 0.6 is 11.6 Å². The van der Waals surface area contributed by atoms with Crippen molar-refractivity contribution in [1.29, 1.82) is 0 Å². The largest absolute Gasteiger partial charge is 0.370 e. The Kier molecular flexibility index (Phi) is 4.09. The molecule has 2 N–H and O–H groups in total. The molecule has 1 atom stereocenters.